The summed E-state index contributed by atoms with van der Waals surface area (Å²) in [5, 5.41) is 14.3. The van der Waals surface area contributed by atoms with Crippen molar-refractivity contribution in [3.63, 3.8) is 0 Å². The van der Waals surface area contributed by atoms with Gasteiger partial charge in [-0.1, -0.05) is 44.2 Å². The molecule has 3 rings (SSSR count). The number of carbonyl (C=O) groups is 1. The van der Waals surface area contributed by atoms with Gasteiger partial charge in [-0.2, -0.15) is 4.31 Å². The van der Waals surface area contributed by atoms with E-state index in [-0.39, 0.29) is 29.8 Å². The first kappa shape index (κ1) is 29.2. The first-order valence-corrected chi connectivity index (χ1v) is 14.0. The van der Waals surface area contributed by atoms with Crippen molar-refractivity contribution >= 4 is 21.6 Å². The Labute approximate surface area is 225 Å². The average molecular weight is 540 g/mol. The van der Waals surface area contributed by atoms with E-state index in [2.05, 4.69) is 5.32 Å². The predicted octanol–water partition coefficient (Wildman–Crippen LogP) is 3.63. The molecule has 8 nitrogen and oxygen atoms in total. The number of anilines is 1. The summed E-state index contributed by atoms with van der Waals surface area (Å²) in [6, 6.07) is 19.9. The van der Waals surface area contributed by atoms with Gasteiger partial charge in [0.15, 0.2) is 0 Å². The molecule has 1 amide bonds. The highest BCUT2D eigenvalue weighted by Crippen LogP contribution is 2.22. The molecule has 9 heteroatoms. The lowest BCUT2D eigenvalue weighted by Gasteiger charge is -2.31. The Morgan fingerprint density at radius 3 is 2.26 bits per heavy atom. The topological polar surface area (TPSA) is 122 Å². The normalized spacial score (nSPS) is 13.3. The number of methoxy groups -OCH3 is 1. The van der Waals surface area contributed by atoms with Gasteiger partial charge in [-0.05, 0) is 72.9 Å². The molecule has 38 heavy (non-hydrogen) atoms. The minimum Gasteiger partial charge on any atom is -0.497 e. The molecule has 204 valence electrons. The van der Waals surface area contributed by atoms with E-state index in [0.29, 0.717) is 29.0 Å². The number of sulfonamides is 1. The van der Waals surface area contributed by atoms with Gasteiger partial charge >= 0.3 is 0 Å². The van der Waals surface area contributed by atoms with Crippen LogP contribution in [-0.2, 0) is 16.4 Å². The van der Waals surface area contributed by atoms with Gasteiger partial charge in [0.25, 0.3) is 5.91 Å². The summed E-state index contributed by atoms with van der Waals surface area (Å²) < 4.78 is 33.6. The van der Waals surface area contributed by atoms with Gasteiger partial charge in [-0.15, -0.1) is 0 Å². The molecule has 0 bridgehead atoms. The number of amides is 1. The molecule has 0 saturated carbocycles. The Kier molecular flexibility index (Phi) is 9.90. The second-order valence-corrected chi connectivity index (χ2v) is 11.7. The fourth-order valence-electron chi connectivity index (χ4n) is 4.25. The third kappa shape index (κ3) is 7.56. The molecule has 0 saturated heterocycles. The summed E-state index contributed by atoms with van der Waals surface area (Å²) in [5.74, 6) is 0.189. The number of ether oxygens (including phenoxy) is 1. The SMILES string of the molecule is COc1ccc(S(=O)(=O)N(CC(C)C)CC(O)[C@H](Cc2ccccc2)NC(=O)c2ccc(N)cc2C)cc1. The number of nitrogen functional groups attached to an aromatic ring is 1. The van der Waals surface area contributed by atoms with E-state index in [4.69, 9.17) is 10.5 Å². The maximum Gasteiger partial charge on any atom is 0.251 e. The minimum atomic E-state index is -3.92. The maximum atomic E-state index is 13.6. The lowest BCUT2D eigenvalue weighted by atomic mass is 9.99. The minimum absolute atomic E-state index is 0.00909. The van der Waals surface area contributed by atoms with Crippen LogP contribution >= 0.6 is 0 Å². The van der Waals surface area contributed by atoms with Gasteiger partial charge in [0.2, 0.25) is 10.0 Å². The van der Waals surface area contributed by atoms with E-state index in [1.165, 1.54) is 23.5 Å². The van der Waals surface area contributed by atoms with Crippen molar-refractivity contribution < 1.29 is 23.1 Å². The summed E-state index contributed by atoms with van der Waals surface area (Å²) in [5.41, 5.74) is 8.44. The number of benzene rings is 3. The quantitative estimate of drug-likeness (QED) is 0.302. The number of hydrogen-bond acceptors (Lipinski definition) is 6. The second kappa shape index (κ2) is 12.9. The number of aliphatic hydroxyl groups is 1. The molecular formula is C29H37N3O5S. The number of aliphatic hydroxyl groups excluding tert-OH is 1. The molecule has 1 unspecified atom stereocenters. The van der Waals surface area contributed by atoms with E-state index >= 15 is 0 Å². The second-order valence-electron chi connectivity index (χ2n) is 9.80. The molecule has 3 aromatic carbocycles. The molecule has 2 atom stereocenters. The van der Waals surface area contributed by atoms with Crippen molar-refractivity contribution in [3.8, 4) is 5.75 Å². The van der Waals surface area contributed by atoms with Crippen molar-refractivity contribution in [2.45, 2.75) is 44.2 Å². The predicted molar refractivity (Wildman–Crippen MR) is 150 cm³/mol. The molecular weight excluding hydrogens is 502 g/mol. The smallest absolute Gasteiger partial charge is 0.251 e. The van der Waals surface area contributed by atoms with Crippen LogP contribution in [0.5, 0.6) is 5.75 Å². The highest BCUT2D eigenvalue weighted by molar-refractivity contribution is 7.89. The van der Waals surface area contributed by atoms with Crippen molar-refractivity contribution in [3.05, 3.63) is 89.5 Å². The van der Waals surface area contributed by atoms with Crippen LogP contribution in [0.15, 0.2) is 77.7 Å². The van der Waals surface area contributed by atoms with Gasteiger partial charge in [0.05, 0.1) is 24.2 Å². The zero-order valence-electron chi connectivity index (χ0n) is 22.3. The number of hydrogen-bond donors (Lipinski definition) is 3. The molecule has 0 aliphatic carbocycles. The number of nitrogens with one attached hydrogen (secondary N) is 1. The molecule has 0 radical (unpaired) electrons. The third-order valence-electron chi connectivity index (χ3n) is 6.23. The number of carbonyl (C=O) groups excluding carboxylic acids is 1. The average Bonchev–Trinajstić information content (AvgIpc) is 2.88. The fourth-order valence-corrected chi connectivity index (χ4v) is 5.87. The zero-order chi connectivity index (χ0) is 27.9. The van der Waals surface area contributed by atoms with Crippen LogP contribution in [0.1, 0.15) is 35.3 Å². The largest absolute Gasteiger partial charge is 0.497 e. The lowest BCUT2D eigenvalue weighted by molar-refractivity contribution is 0.0775. The van der Waals surface area contributed by atoms with Gasteiger partial charge in [-0.25, -0.2) is 8.42 Å². The van der Waals surface area contributed by atoms with Crippen LogP contribution in [0.25, 0.3) is 0 Å². The molecule has 4 N–H and O–H groups in total. The van der Waals surface area contributed by atoms with E-state index in [1.54, 1.807) is 37.3 Å². The van der Waals surface area contributed by atoms with Crippen molar-refractivity contribution in [1.29, 1.82) is 0 Å². The van der Waals surface area contributed by atoms with Gasteiger partial charge in [-0.3, -0.25) is 4.79 Å². The van der Waals surface area contributed by atoms with Gasteiger partial charge in [0, 0.05) is 24.3 Å². The lowest BCUT2D eigenvalue weighted by Crippen LogP contribution is -2.51. The maximum absolute atomic E-state index is 13.6. The first-order chi connectivity index (χ1) is 18.0. The summed E-state index contributed by atoms with van der Waals surface area (Å²) >= 11 is 0. The summed E-state index contributed by atoms with van der Waals surface area (Å²) in [6.07, 6.45) is -0.861. The number of rotatable bonds is 12. The van der Waals surface area contributed by atoms with Crippen LogP contribution in [0.3, 0.4) is 0 Å². The van der Waals surface area contributed by atoms with E-state index in [0.717, 1.165) is 5.56 Å². The van der Waals surface area contributed by atoms with Crippen molar-refractivity contribution in [2.75, 3.05) is 25.9 Å². The Bertz CT molecular complexity index is 1310. The summed E-state index contributed by atoms with van der Waals surface area (Å²) in [7, 11) is -2.41. The Morgan fingerprint density at radius 2 is 1.68 bits per heavy atom. The number of aryl methyl sites for hydroxylation is 1. The molecule has 0 aliphatic rings. The Hall–Kier alpha value is -3.40. The highest BCUT2D eigenvalue weighted by Gasteiger charge is 2.31. The van der Waals surface area contributed by atoms with Crippen LogP contribution in [-0.4, -0.2) is 56.1 Å². The first-order valence-electron chi connectivity index (χ1n) is 12.5. The van der Waals surface area contributed by atoms with E-state index in [9.17, 15) is 18.3 Å². The Balaban J connectivity index is 1.90. The van der Waals surface area contributed by atoms with Crippen LogP contribution < -0.4 is 15.8 Å². The van der Waals surface area contributed by atoms with Gasteiger partial charge in [0.1, 0.15) is 5.75 Å². The van der Waals surface area contributed by atoms with E-state index < -0.39 is 22.2 Å². The monoisotopic (exact) mass is 539 g/mol. The third-order valence-corrected chi connectivity index (χ3v) is 8.08. The highest BCUT2D eigenvalue weighted by atomic mass is 32.2. The van der Waals surface area contributed by atoms with Crippen molar-refractivity contribution in [2.24, 2.45) is 5.92 Å². The van der Waals surface area contributed by atoms with Crippen molar-refractivity contribution in [1.82, 2.24) is 9.62 Å². The van der Waals surface area contributed by atoms with Crippen LogP contribution in [0.2, 0.25) is 0 Å². The van der Waals surface area contributed by atoms with Gasteiger partial charge < -0.3 is 20.9 Å². The van der Waals surface area contributed by atoms with Crippen LogP contribution in [0.4, 0.5) is 5.69 Å². The standard InChI is InChI=1S/C29H37N3O5S/c1-20(2)18-32(38(35,36)25-13-11-24(37-4)12-14-25)19-28(33)27(17-22-8-6-5-7-9-22)31-29(34)26-15-10-23(30)16-21(26)3/h5-16,20,27-28,33H,17-19,30H2,1-4H3,(H,31,34)/t27-,28?/m0/s1. The fraction of sp³-hybridized carbons (Fsp3) is 0.345. The Morgan fingerprint density at radius 1 is 1.03 bits per heavy atom. The molecule has 0 aliphatic heterocycles. The number of nitrogens with two attached hydrogens (primary N) is 1. The van der Waals surface area contributed by atoms with Crippen LogP contribution in [0, 0.1) is 12.8 Å². The molecule has 0 spiro atoms. The summed E-state index contributed by atoms with van der Waals surface area (Å²) in [6.45, 7) is 5.63. The van der Waals surface area contributed by atoms with E-state index in [1.807, 2.05) is 44.2 Å². The number of nitrogens with zero attached hydrogens (tertiary/aromatic N) is 1. The summed E-state index contributed by atoms with van der Waals surface area (Å²) in [4.78, 5) is 13.3. The molecule has 0 heterocycles. The molecule has 3 aromatic rings. The zero-order valence-corrected chi connectivity index (χ0v) is 23.1. The molecule has 0 fully saturated rings. The molecule has 0 aromatic heterocycles.